The molecule has 138 valence electrons. The first-order valence-electron chi connectivity index (χ1n) is 9.00. The van der Waals surface area contributed by atoms with Crippen LogP contribution in [0.5, 0.6) is 5.75 Å². The molecule has 0 aliphatic carbocycles. The molecule has 1 aliphatic rings. The van der Waals surface area contributed by atoms with Crippen LogP contribution < -0.4 is 4.74 Å². The van der Waals surface area contributed by atoms with E-state index < -0.39 is 0 Å². The number of hydrogen-bond donors (Lipinski definition) is 0. The molecule has 0 unspecified atom stereocenters. The zero-order valence-corrected chi connectivity index (χ0v) is 15.3. The van der Waals surface area contributed by atoms with Gasteiger partial charge in [0.05, 0.1) is 45.3 Å². The lowest BCUT2D eigenvalue weighted by atomic mass is 10.1. The normalized spacial score (nSPS) is 14.6. The largest absolute Gasteiger partial charge is 0.497 e. The molecule has 2 aromatic carbocycles. The molecule has 0 bridgehead atoms. The number of aromatic nitrogens is 2. The number of ether oxygens (including phenoxy) is 2. The van der Waals surface area contributed by atoms with Crippen LogP contribution in [0.3, 0.4) is 0 Å². The molecule has 0 atom stereocenters. The molecule has 6 nitrogen and oxygen atoms in total. The molecule has 0 amide bonds. The van der Waals surface area contributed by atoms with Crippen LogP contribution in [0.2, 0.25) is 0 Å². The third-order valence-corrected chi connectivity index (χ3v) is 4.47. The SMILES string of the molecule is COc1ccc(-c2nn(-c3ccccc3)cc2/C=N\N2CCOCC2)cc1. The Bertz CT molecular complexity index is 898. The minimum Gasteiger partial charge on any atom is -0.497 e. The van der Waals surface area contributed by atoms with Crippen LogP contribution in [0.25, 0.3) is 16.9 Å². The fourth-order valence-corrected chi connectivity index (χ4v) is 2.98. The molecule has 1 saturated heterocycles. The summed E-state index contributed by atoms with van der Waals surface area (Å²) in [6, 6.07) is 18.0. The minimum absolute atomic E-state index is 0.714. The van der Waals surface area contributed by atoms with Gasteiger partial charge in [0.1, 0.15) is 11.4 Å². The summed E-state index contributed by atoms with van der Waals surface area (Å²) in [7, 11) is 1.67. The number of methoxy groups -OCH3 is 1. The molecule has 0 N–H and O–H groups in total. The summed E-state index contributed by atoms with van der Waals surface area (Å²) in [6.45, 7) is 3.04. The zero-order chi connectivity index (χ0) is 18.5. The quantitative estimate of drug-likeness (QED) is 0.654. The molecule has 3 aromatic rings. The number of morpholine rings is 1. The predicted octanol–water partition coefficient (Wildman–Crippen LogP) is 3.21. The van der Waals surface area contributed by atoms with Crippen molar-refractivity contribution >= 4 is 6.21 Å². The second kappa shape index (κ2) is 8.05. The fourth-order valence-electron chi connectivity index (χ4n) is 2.98. The van der Waals surface area contributed by atoms with Crippen molar-refractivity contribution in [3.8, 4) is 22.7 Å². The average molecular weight is 362 g/mol. The van der Waals surface area contributed by atoms with E-state index in [-0.39, 0.29) is 0 Å². The fraction of sp³-hybridized carbons (Fsp3) is 0.238. The highest BCUT2D eigenvalue weighted by molar-refractivity contribution is 5.88. The van der Waals surface area contributed by atoms with Crippen molar-refractivity contribution in [2.24, 2.45) is 5.10 Å². The Morgan fingerprint density at radius 2 is 1.78 bits per heavy atom. The lowest BCUT2D eigenvalue weighted by molar-refractivity contribution is 0.0397. The maximum absolute atomic E-state index is 5.38. The van der Waals surface area contributed by atoms with Gasteiger partial charge in [-0.05, 0) is 36.4 Å². The first kappa shape index (κ1) is 17.3. The van der Waals surface area contributed by atoms with Crippen LogP contribution in [-0.2, 0) is 4.74 Å². The Kier molecular flexibility index (Phi) is 5.16. The third-order valence-electron chi connectivity index (χ3n) is 4.47. The number of para-hydroxylation sites is 1. The Balaban J connectivity index is 1.70. The van der Waals surface area contributed by atoms with E-state index in [9.17, 15) is 0 Å². The van der Waals surface area contributed by atoms with Crippen molar-refractivity contribution in [3.05, 3.63) is 66.4 Å². The van der Waals surface area contributed by atoms with Gasteiger partial charge < -0.3 is 9.47 Å². The second-order valence-corrected chi connectivity index (χ2v) is 6.25. The van der Waals surface area contributed by atoms with E-state index in [0.717, 1.165) is 41.3 Å². The summed E-state index contributed by atoms with van der Waals surface area (Å²) in [5.41, 5.74) is 3.89. The summed E-state index contributed by atoms with van der Waals surface area (Å²) in [5.74, 6) is 0.824. The van der Waals surface area contributed by atoms with Crippen LogP contribution >= 0.6 is 0 Å². The maximum Gasteiger partial charge on any atom is 0.118 e. The number of hydrogen-bond acceptors (Lipinski definition) is 5. The minimum atomic E-state index is 0.714. The molecule has 6 heteroatoms. The van der Waals surface area contributed by atoms with E-state index >= 15 is 0 Å². The van der Waals surface area contributed by atoms with Crippen molar-refractivity contribution in [2.75, 3.05) is 33.4 Å². The molecule has 1 aromatic heterocycles. The van der Waals surface area contributed by atoms with Crippen LogP contribution in [-0.4, -0.2) is 54.4 Å². The van der Waals surface area contributed by atoms with Crippen LogP contribution in [0.15, 0.2) is 65.9 Å². The summed E-state index contributed by atoms with van der Waals surface area (Å²) < 4.78 is 12.5. The van der Waals surface area contributed by atoms with Crippen molar-refractivity contribution in [1.82, 2.24) is 14.8 Å². The summed E-state index contributed by atoms with van der Waals surface area (Å²) in [4.78, 5) is 0. The van der Waals surface area contributed by atoms with Gasteiger partial charge in [0.25, 0.3) is 0 Å². The van der Waals surface area contributed by atoms with E-state index in [1.807, 2.05) is 76.7 Å². The molecule has 0 saturated carbocycles. The summed E-state index contributed by atoms with van der Waals surface area (Å²) in [6.07, 6.45) is 3.90. The van der Waals surface area contributed by atoms with Crippen LogP contribution in [0, 0.1) is 0 Å². The molecular weight excluding hydrogens is 340 g/mol. The smallest absolute Gasteiger partial charge is 0.118 e. The van der Waals surface area contributed by atoms with Gasteiger partial charge in [-0.2, -0.15) is 10.2 Å². The van der Waals surface area contributed by atoms with Crippen molar-refractivity contribution in [2.45, 2.75) is 0 Å². The first-order valence-corrected chi connectivity index (χ1v) is 9.00. The molecule has 0 spiro atoms. The number of nitrogens with zero attached hydrogens (tertiary/aromatic N) is 4. The van der Waals surface area contributed by atoms with Crippen LogP contribution in [0.4, 0.5) is 0 Å². The highest BCUT2D eigenvalue weighted by Crippen LogP contribution is 2.25. The van der Waals surface area contributed by atoms with Gasteiger partial charge in [-0.3, -0.25) is 5.01 Å². The van der Waals surface area contributed by atoms with Gasteiger partial charge in [0.2, 0.25) is 0 Å². The van der Waals surface area contributed by atoms with Gasteiger partial charge >= 0.3 is 0 Å². The van der Waals surface area contributed by atoms with E-state index in [4.69, 9.17) is 14.6 Å². The number of hydrazone groups is 1. The maximum atomic E-state index is 5.38. The lowest BCUT2D eigenvalue weighted by Crippen LogP contribution is -2.32. The predicted molar refractivity (Wildman–Crippen MR) is 106 cm³/mol. The van der Waals surface area contributed by atoms with E-state index in [0.29, 0.717) is 13.2 Å². The molecule has 0 radical (unpaired) electrons. The van der Waals surface area contributed by atoms with Crippen molar-refractivity contribution < 1.29 is 9.47 Å². The van der Waals surface area contributed by atoms with E-state index in [2.05, 4.69) is 5.10 Å². The molecular formula is C21H22N4O2. The van der Waals surface area contributed by atoms with E-state index in [1.165, 1.54) is 0 Å². The topological polar surface area (TPSA) is 51.9 Å². The van der Waals surface area contributed by atoms with Gasteiger partial charge in [0.15, 0.2) is 0 Å². The monoisotopic (exact) mass is 362 g/mol. The Morgan fingerprint density at radius 3 is 2.48 bits per heavy atom. The number of benzene rings is 2. The summed E-state index contributed by atoms with van der Waals surface area (Å²) >= 11 is 0. The van der Waals surface area contributed by atoms with Crippen LogP contribution in [0.1, 0.15) is 5.56 Å². The highest BCUT2D eigenvalue weighted by Gasteiger charge is 2.13. The standard InChI is InChI=1S/C21H22N4O2/c1-26-20-9-7-17(8-10-20)21-18(15-22-24-11-13-27-14-12-24)16-25(23-21)19-5-3-2-4-6-19/h2-10,15-16H,11-14H2,1H3/b22-15-. The average Bonchev–Trinajstić information content (AvgIpc) is 3.18. The Labute approximate surface area is 158 Å². The molecule has 4 rings (SSSR count). The van der Waals surface area contributed by atoms with Gasteiger partial charge in [-0.25, -0.2) is 4.68 Å². The molecule has 1 aliphatic heterocycles. The van der Waals surface area contributed by atoms with Crippen molar-refractivity contribution in [1.29, 1.82) is 0 Å². The van der Waals surface area contributed by atoms with E-state index in [1.54, 1.807) is 7.11 Å². The van der Waals surface area contributed by atoms with Crippen molar-refractivity contribution in [3.63, 3.8) is 0 Å². The Hall–Kier alpha value is -3.12. The van der Waals surface area contributed by atoms with Gasteiger partial charge in [0, 0.05) is 17.3 Å². The summed E-state index contributed by atoms with van der Waals surface area (Å²) in [5, 5.41) is 11.5. The highest BCUT2D eigenvalue weighted by atomic mass is 16.5. The third kappa shape index (κ3) is 4.01. The van der Waals surface area contributed by atoms with Gasteiger partial charge in [-0.1, -0.05) is 18.2 Å². The molecule has 2 heterocycles. The zero-order valence-electron chi connectivity index (χ0n) is 15.3. The second-order valence-electron chi connectivity index (χ2n) is 6.25. The number of rotatable bonds is 5. The Morgan fingerprint density at radius 1 is 1.04 bits per heavy atom. The molecule has 27 heavy (non-hydrogen) atoms. The van der Waals surface area contributed by atoms with Gasteiger partial charge in [-0.15, -0.1) is 0 Å². The molecule has 1 fully saturated rings. The lowest BCUT2D eigenvalue weighted by Gasteiger charge is -2.23. The first-order chi connectivity index (χ1) is 13.3.